The third kappa shape index (κ3) is 3.95. The van der Waals surface area contributed by atoms with Crippen LogP contribution in [0.25, 0.3) is 0 Å². The highest BCUT2D eigenvalue weighted by Gasteiger charge is 2.37. The van der Waals surface area contributed by atoms with Crippen molar-refractivity contribution in [2.75, 3.05) is 13.6 Å². The minimum absolute atomic E-state index is 0.254. The number of hydrogen-bond donors (Lipinski definition) is 2. The van der Waals surface area contributed by atoms with Crippen LogP contribution in [0.2, 0.25) is 0 Å². The van der Waals surface area contributed by atoms with E-state index in [1.165, 1.54) is 25.7 Å². The second-order valence-electron chi connectivity index (χ2n) is 7.17. The normalized spacial score (nSPS) is 38.9. The molecule has 20 heavy (non-hydrogen) atoms. The summed E-state index contributed by atoms with van der Waals surface area (Å²) in [6.45, 7) is 3.01. The summed E-state index contributed by atoms with van der Waals surface area (Å²) in [5.41, 5.74) is -0.677. The monoisotopic (exact) mass is 283 g/mol. The number of likely N-dealkylation sites (N-methyl/N-ethyl adjacent to an activating group) is 1. The minimum Gasteiger partial charge on any atom is -0.481 e. The molecule has 0 unspecified atom stereocenters. The summed E-state index contributed by atoms with van der Waals surface area (Å²) in [7, 11) is 2.11. The van der Waals surface area contributed by atoms with Crippen LogP contribution in [0.5, 0.6) is 0 Å². The summed E-state index contributed by atoms with van der Waals surface area (Å²) in [4.78, 5) is 13.3. The van der Waals surface area contributed by atoms with Gasteiger partial charge in [0, 0.05) is 12.6 Å². The Kier molecular flexibility index (Phi) is 5.08. The zero-order valence-electron chi connectivity index (χ0n) is 12.8. The van der Waals surface area contributed by atoms with Gasteiger partial charge in [0.2, 0.25) is 0 Å². The van der Waals surface area contributed by atoms with E-state index in [0.29, 0.717) is 38.3 Å². The first kappa shape index (κ1) is 15.8. The standard InChI is InChI=1S/C16H29NO3/c1-12-3-5-14(6-4-12)17(2)11-16(20)9-7-13(8-10-16)15(18)19/h12-14,20H,3-11H2,1-2H3,(H,18,19). The fourth-order valence-electron chi connectivity index (χ4n) is 3.84. The highest BCUT2D eigenvalue weighted by molar-refractivity contribution is 5.70. The Bertz CT molecular complexity index is 329. The SMILES string of the molecule is CC1CCC(N(C)CC2(O)CCC(C(=O)O)CC2)CC1. The average Bonchev–Trinajstić information content (AvgIpc) is 2.39. The molecule has 0 heterocycles. The summed E-state index contributed by atoms with van der Waals surface area (Å²) in [6.07, 6.45) is 7.50. The van der Waals surface area contributed by atoms with Crippen LogP contribution >= 0.6 is 0 Å². The molecule has 4 nitrogen and oxygen atoms in total. The fourth-order valence-corrected chi connectivity index (χ4v) is 3.84. The lowest BCUT2D eigenvalue weighted by Crippen LogP contribution is -2.48. The first-order valence-corrected chi connectivity index (χ1v) is 8.05. The van der Waals surface area contributed by atoms with E-state index in [0.717, 1.165) is 5.92 Å². The van der Waals surface area contributed by atoms with Gasteiger partial charge >= 0.3 is 5.97 Å². The molecule has 0 spiro atoms. The van der Waals surface area contributed by atoms with Crippen LogP contribution in [0.4, 0.5) is 0 Å². The smallest absolute Gasteiger partial charge is 0.306 e. The van der Waals surface area contributed by atoms with Crippen LogP contribution in [0.1, 0.15) is 58.3 Å². The van der Waals surface area contributed by atoms with Gasteiger partial charge in [-0.25, -0.2) is 0 Å². The third-order valence-corrected chi connectivity index (χ3v) is 5.42. The highest BCUT2D eigenvalue weighted by Crippen LogP contribution is 2.34. The van der Waals surface area contributed by atoms with Crippen molar-refractivity contribution >= 4 is 5.97 Å². The van der Waals surface area contributed by atoms with Gasteiger partial charge in [-0.2, -0.15) is 0 Å². The van der Waals surface area contributed by atoms with E-state index in [4.69, 9.17) is 5.11 Å². The zero-order chi connectivity index (χ0) is 14.8. The largest absolute Gasteiger partial charge is 0.481 e. The molecular formula is C16H29NO3. The van der Waals surface area contributed by atoms with Crippen LogP contribution in [-0.4, -0.2) is 46.3 Å². The second-order valence-corrected chi connectivity index (χ2v) is 7.17. The molecule has 0 saturated heterocycles. The maximum Gasteiger partial charge on any atom is 0.306 e. The van der Waals surface area contributed by atoms with Gasteiger partial charge in [0.05, 0.1) is 11.5 Å². The van der Waals surface area contributed by atoms with Gasteiger partial charge in [-0.15, -0.1) is 0 Å². The number of rotatable bonds is 4. The second kappa shape index (κ2) is 6.44. The lowest BCUT2D eigenvalue weighted by molar-refractivity contribution is -0.145. The van der Waals surface area contributed by atoms with Gasteiger partial charge in [0.25, 0.3) is 0 Å². The Morgan fingerprint density at radius 3 is 2.20 bits per heavy atom. The van der Waals surface area contributed by atoms with Gasteiger partial charge in [-0.1, -0.05) is 6.92 Å². The molecule has 0 atom stereocenters. The Morgan fingerprint density at radius 1 is 1.15 bits per heavy atom. The van der Waals surface area contributed by atoms with Crippen molar-refractivity contribution in [3.63, 3.8) is 0 Å². The average molecular weight is 283 g/mol. The molecule has 0 aliphatic heterocycles. The van der Waals surface area contributed by atoms with Gasteiger partial charge in [-0.05, 0) is 64.3 Å². The summed E-state index contributed by atoms with van der Waals surface area (Å²) in [5.74, 6) is -0.119. The Hall–Kier alpha value is -0.610. The molecule has 0 amide bonds. The number of aliphatic hydroxyl groups is 1. The summed E-state index contributed by atoms with van der Waals surface area (Å²) >= 11 is 0. The third-order valence-electron chi connectivity index (χ3n) is 5.42. The molecule has 2 rings (SSSR count). The number of carboxylic acids is 1. The van der Waals surface area contributed by atoms with Crippen molar-refractivity contribution in [2.45, 2.75) is 69.9 Å². The molecule has 0 aromatic carbocycles. The summed E-state index contributed by atoms with van der Waals surface area (Å²) in [5, 5.41) is 19.7. The van der Waals surface area contributed by atoms with E-state index < -0.39 is 11.6 Å². The van der Waals surface area contributed by atoms with Crippen molar-refractivity contribution in [2.24, 2.45) is 11.8 Å². The molecule has 0 radical (unpaired) electrons. The summed E-state index contributed by atoms with van der Waals surface area (Å²) < 4.78 is 0. The molecule has 2 aliphatic rings. The number of carboxylic acid groups (broad SMARTS) is 1. The molecule has 2 fully saturated rings. The van der Waals surface area contributed by atoms with Gasteiger partial charge in [-0.3, -0.25) is 4.79 Å². The van der Waals surface area contributed by atoms with Crippen LogP contribution in [0.15, 0.2) is 0 Å². The highest BCUT2D eigenvalue weighted by atomic mass is 16.4. The molecule has 4 heteroatoms. The first-order valence-electron chi connectivity index (χ1n) is 8.05. The molecule has 0 aromatic heterocycles. The number of nitrogens with zero attached hydrogens (tertiary/aromatic N) is 1. The predicted octanol–water partition coefficient (Wildman–Crippen LogP) is 2.50. The fraction of sp³-hybridized carbons (Fsp3) is 0.938. The van der Waals surface area contributed by atoms with E-state index in [9.17, 15) is 9.90 Å². The van der Waals surface area contributed by atoms with Crippen LogP contribution in [-0.2, 0) is 4.79 Å². The summed E-state index contributed by atoms with van der Waals surface area (Å²) in [6, 6.07) is 0.590. The van der Waals surface area contributed by atoms with E-state index in [1.807, 2.05) is 0 Å². The molecular weight excluding hydrogens is 254 g/mol. The van der Waals surface area contributed by atoms with E-state index in [2.05, 4.69) is 18.9 Å². The number of aliphatic carboxylic acids is 1. The van der Waals surface area contributed by atoms with E-state index in [1.54, 1.807) is 0 Å². The quantitative estimate of drug-likeness (QED) is 0.832. The van der Waals surface area contributed by atoms with Gasteiger partial charge in [0.15, 0.2) is 0 Å². The zero-order valence-corrected chi connectivity index (χ0v) is 12.8. The minimum atomic E-state index is -0.707. The van der Waals surface area contributed by atoms with Crippen LogP contribution in [0.3, 0.4) is 0 Å². The van der Waals surface area contributed by atoms with Gasteiger partial charge < -0.3 is 15.1 Å². The van der Waals surface area contributed by atoms with Crippen LogP contribution < -0.4 is 0 Å². The van der Waals surface area contributed by atoms with E-state index >= 15 is 0 Å². The van der Waals surface area contributed by atoms with E-state index in [-0.39, 0.29) is 5.92 Å². The topological polar surface area (TPSA) is 60.8 Å². The Morgan fingerprint density at radius 2 is 1.70 bits per heavy atom. The lowest BCUT2D eigenvalue weighted by atomic mass is 9.78. The maximum absolute atomic E-state index is 11.0. The van der Waals surface area contributed by atoms with Gasteiger partial charge in [0.1, 0.15) is 0 Å². The molecule has 2 aliphatic carbocycles. The Labute approximate surface area is 122 Å². The molecule has 0 bridgehead atoms. The van der Waals surface area contributed by atoms with Crippen molar-refractivity contribution in [1.29, 1.82) is 0 Å². The maximum atomic E-state index is 11.0. The van der Waals surface area contributed by atoms with Crippen molar-refractivity contribution in [1.82, 2.24) is 4.90 Å². The van der Waals surface area contributed by atoms with Crippen molar-refractivity contribution in [3.05, 3.63) is 0 Å². The van der Waals surface area contributed by atoms with Crippen LogP contribution in [0, 0.1) is 11.8 Å². The Balaban J connectivity index is 1.81. The molecule has 0 aromatic rings. The first-order chi connectivity index (χ1) is 9.39. The lowest BCUT2D eigenvalue weighted by Gasteiger charge is -2.41. The van der Waals surface area contributed by atoms with Crippen molar-refractivity contribution in [3.8, 4) is 0 Å². The number of hydrogen-bond acceptors (Lipinski definition) is 3. The van der Waals surface area contributed by atoms with Crippen molar-refractivity contribution < 1.29 is 15.0 Å². The molecule has 116 valence electrons. The molecule has 2 saturated carbocycles. The predicted molar refractivity (Wildman–Crippen MR) is 78.6 cm³/mol. The number of carbonyl (C=O) groups is 1. The molecule has 2 N–H and O–H groups in total.